The first-order chi connectivity index (χ1) is 13.6. The standard InChI is InChI=1S/C18H20N4O6S/c1-13(14-5-4-6-16(11-14)22(24)25)19-20-18(23)12-21(29(3,26)27)15-7-9-17(28-2)10-8-15/h4-11H,12H2,1-3H3,(H,20,23)/b19-13+. The van der Waals surface area contributed by atoms with Gasteiger partial charge in [0.1, 0.15) is 12.3 Å². The summed E-state index contributed by atoms with van der Waals surface area (Å²) in [6.07, 6.45) is 0.988. The molecule has 1 amide bonds. The largest absolute Gasteiger partial charge is 0.497 e. The van der Waals surface area contributed by atoms with Gasteiger partial charge in [-0.3, -0.25) is 19.2 Å². The molecule has 0 bridgehead atoms. The maximum absolute atomic E-state index is 12.3. The number of methoxy groups -OCH3 is 1. The van der Waals surface area contributed by atoms with Gasteiger partial charge < -0.3 is 4.74 Å². The van der Waals surface area contributed by atoms with Crippen molar-refractivity contribution in [2.75, 3.05) is 24.2 Å². The van der Waals surface area contributed by atoms with E-state index in [4.69, 9.17) is 4.74 Å². The van der Waals surface area contributed by atoms with E-state index in [0.29, 0.717) is 22.7 Å². The third kappa shape index (κ3) is 6.01. The van der Waals surface area contributed by atoms with Gasteiger partial charge in [-0.05, 0) is 31.2 Å². The number of non-ortho nitro benzene ring substituents is 1. The first kappa shape index (κ1) is 21.8. The highest BCUT2D eigenvalue weighted by atomic mass is 32.2. The van der Waals surface area contributed by atoms with Crippen LogP contribution in [0.3, 0.4) is 0 Å². The van der Waals surface area contributed by atoms with Crippen molar-refractivity contribution in [2.45, 2.75) is 6.92 Å². The van der Waals surface area contributed by atoms with Crippen LogP contribution in [0.1, 0.15) is 12.5 Å². The highest BCUT2D eigenvalue weighted by molar-refractivity contribution is 7.92. The number of benzene rings is 2. The molecule has 0 aromatic heterocycles. The number of carbonyl (C=O) groups excluding carboxylic acids is 1. The molecule has 0 spiro atoms. The van der Waals surface area contributed by atoms with E-state index in [1.165, 1.54) is 37.4 Å². The number of rotatable bonds is 8. The lowest BCUT2D eigenvalue weighted by Gasteiger charge is -2.21. The Kier molecular flexibility index (Phi) is 6.89. The lowest BCUT2D eigenvalue weighted by molar-refractivity contribution is -0.384. The van der Waals surface area contributed by atoms with Crippen LogP contribution in [0.5, 0.6) is 5.75 Å². The zero-order valence-electron chi connectivity index (χ0n) is 16.0. The Morgan fingerprint density at radius 1 is 1.24 bits per heavy atom. The predicted molar refractivity (Wildman–Crippen MR) is 109 cm³/mol. The Hall–Kier alpha value is -3.47. The minimum absolute atomic E-state index is 0.105. The van der Waals surface area contributed by atoms with Gasteiger partial charge in [0, 0.05) is 17.7 Å². The van der Waals surface area contributed by atoms with Crippen LogP contribution in [0.25, 0.3) is 0 Å². The average molecular weight is 420 g/mol. The first-order valence-corrected chi connectivity index (χ1v) is 10.2. The van der Waals surface area contributed by atoms with Gasteiger partial charge in [0.2, 0.25) is 10.0 Å². The fourth-order valence-corrected chi connectivity index (χ4v) is 3.23. The fourth-order valence-electron chi connectivity index (χ4n) is 2.37. The van der Waals surface area contributed by atoms with Crippen molar-refractivity contribution in [1.82, 2.24) is 5.43 Å². The van der Waals surface area contributed by atoms with Crippen LogP contribution in [0.2, 0.25) is 0 Å². The van der Waals surface area contributed by atoms with Crippen LogP contribution in [0, 0.1) is 10.1 Å². The molecular formula is C18H20N4O6S. The van der Waals surface area contributed by atoms with E-state index in [9.17, 15) is 23.3 Å². The highest BCUT2D eigenvalue weighted by Gasteiger charge is 2.21. The Morgan fingerprint density at radius 3 is 2.45 bits per heavy atom. The summed E-state index contributed by atoms with van der Waals surface area (Å²) in [5.74, 6) is -0.125. The van der Waals surface area contributed by atoms with Gasteiger partial charge in [-0.25, -0.2) is 13.8 Å². The van der Waals surface area contributed by atoms with Gasteiger partial charge in [0.15, 0.2) is 0 Å². The maximum Gasteiger partial charge on any atom is 0.270 e. The number of nitrogens with zero attached hydrogens (tertiary/aromatic N) is 3. The van der Waals surface area contributed by atoms with Gasteiger partial charge in [0.25, 0.3) is 11.6 Å². The smallest absolute Gasteiger partial charge is 0.270 e. The van der Waals surface area contributed by atoms with Crippen LogP contribution in [0.4, 0.5) is 11.4 Å². The minimum Gasteiger partial charge on any atom is -0.497 e. The quantitative estimate of drug-likeness (QED) is 0.394. The van der Waals surface area contributed by atoms with Crippen molar-refractivity contribution < 1.29 is 22.9 Å². The summed E-state index contributed by atoms with van der Waals surface area (Å²) in [5, 5.41) is 14.8. The number of sulfonamides is 1. The molecule has 0 fully saturated rings. The zero-order chi connectivity index (χ0) is 21.6. The molecule has 0 unspecified atom stereocenters. The summed E-state index contributed by atoms with van der Waals surface area (Å²) in [6, 6.07) is 12.0. The first-order valence-electron chi connectivity index (χ1n) is 8.31. The summed E-state index contributed by atoms with van der Waals surface area (Å²) in [6.45, 7) is 1.08. The van der Waals surface area contributed by atoms with Crippen LogP contribution >= 0.6 is 0 Å². The molecule has 0 heterocycles. The number of hydrogen-bond donors (Lipinski definition) is 1. The Labute approximate surface area is 168 Å². The van der Waals surface area contributed by atoms with E-state index in [-0.39, 0.29) is 5.69 Å². The van der Waals surface area contributed by atoms with Crippen molar-refractivity contribution in [1.29, 1.82) is 0 Å². The average Bonchev–Trinajstić information content (AvgIpc) is 2.69. The minimum atomic E-state index is -3.73. The number of anilines is 1. The lowest BCUT2D eigenvalue weighted by atomic mass is 10.1. The number of nitrogens with one attached hydrogen (secondary N) is 1. The molecule has 0 saturated carbocycles. The summed E-state index contributed by atoms with van der Waals surface area (Å²) in [4.78, 5) is 22.6. The van der Waals surface area contributed by atoms with Gasteiger partial charge in [0.05, 0.1) is 29.7 Å². The molecule has 2 aromatic carbocycles. The highest BCUT2D eigenvalue weighted by Crippen LogP contribution is 2.21. The molecule has 0 radical (unpaired) electrons. The van der Waals surface area contributed by atoms with E-state index >= 15 is 0 Å². The maximum atomic E-state index is 12.3. The number of ether oxygens (including phenoxy) is 1. The van der Waals surface area contributed by atoms with Crippen LogP contribution in [-0.4, -0.2) is 44.9 Å². The molecular weight excluding hydrogens is 400 g/mol. The lowest BCUT2D eigenvalue weighted by Crippen LogP contribution is -2.39. The number of carbonyl (C=O) groups is 1. The van der Waals surface area contributed by atoms with Crippen molar-refractivity contribution in [3.8, 4) is 5.75 Å². The van der Waals surface area contributed by atoms with E-state index in [2.05, 4.69) is 10.5 Å². The van der Waals surface area contributed by atoms with Crippen LogP contribution in [0.15, 0.2) is 53.6 Å². The van der Waals surface area contributed by atoms with Crippen molar-refractivity contribution in [2.24, 2.45) is 5.10 Å². The normalized spacial score (nSPS) is 11.6. The topological polar surface area (TPSA) is 131 Å². The third-order valence-corrected chi connectivity index (χ3v) is 5.01. The van der Waals surface area contributed by atoms with Gasteiger partial charge >= 0.3 is 0 Å². The second-order valence-electron chi connectivity index (χ2n) is 6.01. The monoisotopic (exact) mass is 420 g/mol. The fraction of sp³-hybridized carbons (Fsp3) is 0.222. The summed E-state index contributed by atoms with van der Waals surface area (Å²) in [7, 11) is -2.25. The number of hydrogen-bond acceptors (Lipinski definition) is 7. The van der Waals surface area contributed by atoms with Gasteiger partial charge in [-0.2, -0.15) is 5.10 Å². The molecule has 11 heteroatoms. The summed E-state index contributed by atoms with van der Waals surface area (Å²) < 4.78 is 30.2. The van der Waals surface area contributed by atoms with E-state index in [1.807, 2.05) is 0 Å². The third-order valence-electron chi connectivity index (χ3n) is 3.87. The van der Waals surface area contributed by atoms with Gasteiger partial charge in [-0.15, -0.1) is 0 Å². The molecule has 154 valence electrons. The SMILES string of the molecule is COc1ccc(N(CC(=O)N/N=C(\C)c2cccc([N+](=O)[O-])c2)S(C)(=O)=O)cc1. The zero-order valence-corrected chi connectivity index (χ0v) is 16.8. The Balaban J connectivity index is 2.14. The Morgan fingerprint density at radius 2 is 1.90 bits per heavy atom. The summed E-state index contributed by atoms with van der Waals surface area (Å²) >= 11 is 0. The number of hydrazone groups is 1. The summed E-state index contributed by atoms with van der Waals surface area (Å²) in [5.41, 5.74) is 3.25. The molecule has 0 aliphatic rings. The molecule has 0 atom stereocenters. The molecule has 0 aliphatic carbocycles. The number of amides is 1. The second-order valence-corrected chi connectivity index (χ2v) is 7.91. The predicted octanol–water partition coefficient (Wildman–Crippen LogP) is 1.91. The van der Waals surface area contributed by atoms with E-state index in [1.54, 1.807) is 25.1 Å². The molecule has 1 N–H and O–H groups in total. The molecule has 2 aromatic rings. The molecule has 2 rings (SSSR count). The number of nitro benzene ring substituents is 1. The Bertz CT molecular complexity index is 1030. The van der Waals surface area contributed by atoms with Crippen LogP contribution in [-0.2, 0) is 14.8 Å². The van der Waals surface area contributed by atoms with E-state index in [0.717, 1.165) is 10.6 Å². The van der Waals surface area contributed by atoms with Crippen LogP contribution < -0.4 is 14.5 Å². The molecule has 29 heavy (non-hydrogen) atoms. The van der Waals surface area contributed by atoms with Crippen molar-refractivity contribution in [3.63, 3.8) is 0 Å². The number of nitro groups is 1. The second kappa shape index (κ2) is 9.15. The van der Waals surface area contributed by atoms with Crippen molar-refractivity contribution in [3.05, 3.63) is 64.2 Å². The van der Waals surface area contributed by atoms with Gasteiger partial charge in [-0.1, -0.05) is 12.1 Å². The van der Waals surface area contributed by atoms with E-state index < -0.39 is 27.4 Å². The molecule has 0 aliphatic heterocycles. The molecule has 0 saturated heterocycles. The van der Waals surface area contributed by atoms with Crippen molar-refractivity contribution >= 4 is 33.0 Å². The molecule has 10 nitrogen and oxygen atoms in total.